The molecule has 1 aromatic carbocycles. The monoisotopic (exact) mass is 356 g/mol. The van der Waals surface area contributed by atoms with E-state index in [-0.39, 0.29) is 17.8 Å². The lowest BCUT2D eigenvalue weighted by Crippen LogP contribution is -2.06. The minimum Gasteiger partial charge on any atom is -0.481 e. The van der Waals surface area contributed by atoms with Crippen LogP contribution in [0.2, 0.25) is 5.02 Å². The maximum Gasteiger partial charge on any atom is 0.221 e. The van der Waals surface area contributed by atoms with E-state index in [0.29, 0.717) is 10.9 Å². The molecular weight excluding hydrogens is 343 g/mol. The number of ether oxygens (including phenoxy) is 1. The first-order valence-corrected chi connectivity index (χ1v) is 7.88. The molecule has 0 aliphatic carbocycles. The zero-order chi connectivity index (χ0) is 17.8. The van der Waals surface area contributed by atoms with Crippen molar-refractivity contribution < 1.29 is 13.9 Å². The average Bonchev–Trinajstić information content (AvgIpc) is 2.62. The van der Waals surface area contributed by atoms with Gasteiger partial charge in [0.1, 0.15) is 0 Å². The average molecular weight is 357 g/mol. The van der Waals surface area contributed by atoms with E-state index >= 15 is 0 Å². The number of methoxy groups -OCH3 is 1. The lowest BCUT2D eigenvalue weighted by molar-refractivity contribution is 0.0989. The van der Waals surface area contributed by atoms with Gasteiger partial charge >= 0.3 is 0 Å². The van der Waals surface area contributed by atoms with Gasteiger partial charge in [-0.2, -0.15) is 0 Å². The highest BCUT2D eigenvalue weighted by Gasteiger charge is 2.13. The van der Waals surface area contributed by atoms with Gasteiger partial charge < -0.3 is 4.74 Å². The number of carbonyl (C=O) groups is 1. The molecule has 0 amide bonds. The number of hydrogen-bond acceptors (Lipinski definition) is 4. The predicted molar refractivity (Wildman–Crippen MR) is 93.5 cm³/mol. The Bertz CT molecular complexity index is 914. The Balaban J connectivity index is 1.83. The van der Waals surface area contributed by atoms with Crippen LogP contribution in [0.15, 0.2) is 55.0 Å². The van der Waals surface area contributed by atoms with Crippen molar-refractivity contribution in [2.45, 2.75) is 6.42 Å². The fraction of sp³-hybridized carbons (Fsp3) is 0.105. The molecule has 0 radical (unpaired) electrons. The molecule has 6 heteroatoms. The van der Waals surface area contributed by atoms with Crippen molar-refractivity contribution in [3.8, 4) is 17.0 Å². The van der Waals surface area contributed by atoms with E-state index in [0.717, 1.165) is 22.9 Å². The van der Waals surface area contributed by atoms with Gasteiger partial charge in [-0.1, -0.05) is 35.9 Å². The van der Waals surface area contributed by atoms with E-state index in [1.54, 1.807) is 6.07 Å². The van der Waals surface area contributed by atoms with Gasteiger partial charge in [0.25, 0.3) is 0 Å². The zero-order valence-electron chi connectivity index (χ0n) is 13.4. The van der Waals surface area contributed by atoms with Gasteiger partial charge in [0, 0.05) is 24.4 Å². The van der Waals surface area contributed by atoms with E-state index < -0.39 is 5.82 Å². The van der Waals surface area contributed by atoms with Crippen molar-refractivity contribution in [2.75, 3.05) is 7.11 Å². The Labute approximate surface area is 149 Å². The zero-order valence-corrected chi connectivity index (χ0v) is 14.1. The molecule has 3 aromatic rings. The molecule has 0 saturated carbocycles. The fourth-order valence-corrected chi connectivity index (χ4v) is 2.64. The molecular formula is C19H14ClFN2O2. The normalized spacial score (nSPS) is 10.5. The summed E-state index contributed by atoms with van der Waals surface area (Å²) in [5.41, 5.74) is 2.44. The van der Waals surface area contributed by atoms with Crippen molar-refractivity contribution in [2.24, 2.45) is 0 Å². The number of aromatic nitrogens is 2. The van der Waals surface area contributed by atoms with Gasteiger partial charge in [-0.3, -0.25) is 9.78 Å². The Hall–Kier alpha value is -2.79. The molecule has 0 spiro atoms. The molecule has 0 aliphatic heterocycles. The highest BCUT2D eigenvalue weighted by molar-refractivity contribution is 6.30. The maximum atomic E-state index is 13.6. The van der Waals surface area contributed by atoms with E-state index in [2.05, 4.69) is 9.97 Å². The predicted octanol–water partition coefficient (Wildman–Crippen LogP) is 4.37. The highest BCUT2D eigenvalue weighted by Crippen LogP contribution is 2.30. The van der Waals surface area contributed by atoms with Gasteiger partial charge in [0.2, 0.25) is 5.88 Å². The lowest BCUT2D eigenvalue weighted by atomic mass is 10.0. The molecule has 0 unspecified atom stereocenters. The SMILES string of the molecule is COc1ncc(Cl)cc1-c1ccc(CC(=O)c2ccncc2F)cc1. The molecule has 2 aromatic heterocycles. The summed E-state index contributed by atoms with van der Waals surface area (Å²) in [7, 11) is 1.54. The van der Waals surface area contributed by atoms with Gasteiger partial charge in [0.15, 0.2) is 11.6 Å². The largest absolute Gasteiger partial charge is 0.481 e. The van der Waals surface area contributed by atoms with Gasteiger partial charge in [0.05, 0.1) is 23.9 Å². The summed E-state index contributed by atoms with van der Waals surface area (Å²) in [6.07, 6.45) is 4.05. The number of benzene rings is 1. The first kappa shape index (κ1) is 17.0. The highest BCUT2D eigenvalue weighted by atomic mass is 35.5. The summed E-state index contributed by atoms with van der Waals surface area (Å²) in [5.74, 6) is -0.444. The van der Waals surface area contributed by atoms with Crippen LogP contribution in [0.5, 0.6) is 5.88 Å². The number of ketones is 1. The smallest absolute Gasteiger partial charge is 0.221 e. The van der Waals surface area contributed by atoms with E-state index in [1.807, 2.05) is 24.3 Å². The van der Waals surface area contributed by atoms with Gasteiger partial charge in [-0.05, 0) is 23.3 Å². The summed E-state index contributed by atoms with van der Waals surface area (Å²) >= 11 is 6.00. The minimum atomic E-state index is -0.612. The lowest BCUT2D eigenvalue weighted by Gasteiger charge is -2.09. The van der Waals surface area contributed by atoms with E-state index in [9.17, 15) is 9.18 Å². The van der Waals surface area contributed by atoms with E-state index in [4.69, 9.17) is 16.3 Å². The molecule has 0 saturated heterocycles. The molecule has 3 rings (SSSR count). The van der Waals surface area contributed by atoms with Crippen LogP contribution in [-0.2, 0) is 6.42 Å². The number of pyridine rings is 2. The van der Waals surface area contributed by atoms with Crippen molar-refractivity contribution in [3.63, 3.8) is 0 Å². The summed E-state index contributed by atoms with van der Waals surface area (Å²) in [4.78, 5) is 20.0. The van der Waals surface area contributed by atoms with Crippen LogP contribution < -0.4 is 4.74 Å². The van der Waals surface area contributed by atoms with Crippen molar-refractivity contribution >= 4 is 17.4 Å². The molecule has 0 N–H and O–H groups in total. The first-order valence-electron chi connectivity index (χ1n) is 7.50. The van der Waals surface area contributed by atoms with Gasteiger partial charge in [-0.25, -0.2) is 9.37 Å². The summed E-state index contributed by atoms with van der Waals surface area (Å²) in [5, 5.41) is 0.503. The topological polar surface area (TPSA) is 52.1 Å². The molecule has 2 heterocycles. The van der Waals surface area contributed by atoms with Crippen LogP contribution in [-0.4, -0.2) is 22.9 Å². The second-order valence-corrected chi connectivity index (χ2v) is 5.80. The van der Waals surface area contributed by atoms with E-state index in [1.165, 1.54) is 25.6 Å². The minimum absolute atomic E-state index is 0.0415. The molecule has 0 fully saturated rings. The number of Topliss-reactive ketones (excluding diaryl/α,β-unsaturated/α-hetero) is 1. The molecule has 126 valence electrons. The number of halogens is 2. The number of rotatable bonds is 5. The Morgan fingerprint density at radius 1 is 1.20 bits per heavy atom. The third kappa shape index (κ3) is 3.83. The van der Waals surface area contributed by atoms with Crippen molar-refractivity contribution in [3.05, 3.63) is 77.0 Å². The molecule has 0 bridgehead atoms. The molecule has 0 atom stereocenters. The van der Waals surface area contributed by atoms with Crippen molar-refractivity contribution in [1.29, 1.82) is 0 Å². The summed E-state index contributed by atoms with van der Waals surface area (Å²) in [6.45, 7) is 0. The molecule has 25 heavy (non-hydrogen) atoms. The number of carbonyl (C=O) groups excluding carboxylic acids is 1. The number of nitrogens with zero attached hydrogens (tertiary/aromatic N) is 2. The van der Waals surface area contributed by atoms with Crippen LogP contribution in [0.1, 0.15) is 15.9 Å². The standard InChI is InChI=1S/C19H14ClFN2O2/c1-25-19-16(9-14(20)10-23-19)13-4-2-12(3-5-13)8-18(24)15-6-7-22-11-17(15)21/h2-7,9-11H,8H2,1H3. The van der Waals surface area contributed by atoms with Crippen LogP contribution in [0.3, 0.4) is 0 Å². The molecule has 0 aliphatic rings. The maximum absolute atomic E-state index is 13.6. The summed E-state index contributed by atoms with van der Waals surface area (Å²) < 4.78 is 18.9. The van der Waals surface area contributed by atoms with Gasteiger partial charge in [-0.15, -0.1) is 0 Å². The van der Waals surface area contributed by atoms with Crippen molar-refractivity contribution in [1.82, 2.24) is 9.97 Å². The second-order valence-electron chi connectivity index (χ2n) is 5.36. The van der Waals surface area contributed by atoms with Crippen LogP contribution in [0, 0.1) is 5.82 Å². The Morgan fingerprint density at radius 2 is 1.96 bits per heavy atom. The Morgan fingerprint density at radius 3 is 2.64 bits per heavy atom. The third-order valence-electron chi connectivity index (χ3n) is 3.71. The van der Waals surface area contributed by atoms with Crippen LogP contribution in [0.4, 0.5) is 4.39 Å². The quantitative estimate of drug-likeness (QED) is 0.637. The van der Waals surface area contributed by atoms with Crippen LogP contribution >= 0.6 is 11.6 Å². The second kappa shape index (κ2) is 7.40. The number of hydrogen-bond donors (Lipinski definition) is 0. The third-order valence-corrected chi connectivity index (χ3v) is 3.92. The fourth-order valence-electron chi connectivity index (χ4n) is 2.48. The molecule has 4 nitrogen and oxygen atoms in total. The Kier molecular flexibility index (Phi) is 5.05. The summed E-state index contributed by atoms with van der Waals surface area (Å²) in [6, 6.07) is 10.5. The van der Waals surface area contributed by atoms with Crippen LogP contribution in [0.25, 0.3) is 11.1 Å². The first-order chi connectivity index (χ1) is 12.1.